The average Bonchev–Trinajstić information content (AvgIpc) is 2.33. The number of methoxy groups -OCH3 is 1. The van der Waals surface area contributed by atoms with Crippen molar-refractivity contribution in [1.29, 1.82) is 0 Å². The van der Waals surface area contributed by atoms with Crippen LogP contribution in [0.2, 0.25) is 0 Å². The monoisotopic (exact) mass is 287 g/mol. The number of rotatable bonds is 8. The van der Waals surface area contributed by atoms with E-state index in [1.165, 1.54) is 4.90 Å². The third-order valence-electron chi connectivity index (χ3n) is 2.96. The second-order valence-electron chi connectivity index (χ2n) is 4.69. The smallest absolute Gasteiger partial charge is 0.317 e. The second kappa shape index (κ2) is 8.36. The van der Waals surface area contributed by atoms with E-state index in [1.807, 2.05) is 0 Å². The summed E-state index contributed by atoms with van der Waals surface area (Å²) in [5, 5.41) is 13.9. The zero-order chi connectivity index (χ0) is 15.0. The maximum absolute atomic E-state index is 11.6. The van der Waals surface area contributed by atoms with Gasteiger partial charge < -0.3 is 25.4 Å². The fraction of sp³-hybridized carbons (Fsp3) is 0.750. The number of amides is 3. The van der Waals surface area contributed by atoms with Crippen molar-refractivity contribution < 1.29 is 24.2 Å². The van der Waals surface area contributed by atoms with Crippen LogP contribution in [-0.2, 0) is 14.3 Å². The van der Waals surface area contributed by atoms with Crippen LogP contribution in [0.5, 0.6) is 0 Å². The van der Waals surface area contributed by atoms with Crippen molar-refractivity contribution in [2.45, 2.75) is 12.8 Å². The van der Waals surface area contributed by atoms with Gasteiger partial charge >= 0.3 is 12.0 Å². The van der Waals surface area contributed by atoms with Gasteiger partial charge in [-0.2, -0.15) is 0 Å². The fourth-order valence-corrected chi connectivity index (χ4v) is 1.89. The maximum atomic E-state index is 11.6. The number of carbonyl (C=O) groups is 3. The Hall–Kier alpha value is -1.83. The molecule has 0 aliphatic carbocycles. The molecule has 8 heteroatoms. The Morgan fingerprint density at radius 3 is 2.55 bits per heavy atom. The molecular weight excluding hydrogens is 266 g/mol. The molecule has 0 atom stereocenters. The molecule has 1 saturated heterocycles. The lowest BCUT2D eigenvalue weighted by Crippen LogP contribution is -2.54. The van der Waals surface area contributed by atoms with Gasteiger partial charge in [0.05, 0.1) is 13.0 Å². The Balaban J connectivity index is 2.04. The van der Waals surface area contributed by atoms with Crippen LogP contribution in [0.3, 0.4) is 0 Å². The minimum atomic E-state index is -0.845. The molecule has 0 spiro atoms. The molecule has 0 aromatic carbocycles. The fourth-order valence-electron chi connectivity index (χ4n) is 1.89. The number of nitrogens with zero attached hydrogens (tertiary/aromatic N) is 1. The molecule has 8 nitrogen and oxygen atoms in total. The zero-order valence-corrected chi connectivity index (χ0v) is 11.6. The third-order valence-corrected chi connectivity index (χ3v) is 2.96. The first kappa shape index (κ1) is 16.2. The normalized spacial score (nSPS) is 14.6. The summed E-state index contributed by atoms with van der Waals surface area (Å²) in [5.74, 6) is -0.951. The molecule has 0 saturated carbocycles. The molecule has 0 radical (unpaired) electrons. The lowest BCUT2D eigenvalue weighted by atomic mass is 9.97. The standard InChI is InChI=1S/C12H21N3O5/c1-20-5-4-13-10(16)2-3-14-12(19)15-7-9(8-15)6-11(17)18/h9H,2-8H2,1H3,(H,13,16)(H,14,19)(H,17,18). The van der Waals surface area contributed by atoms with Gasteiger partial charge in [-0.05, 0) is 0 Å². The van der Waals surface area contributed by atoms with Crippen LogP contribution in [0, 0.1) is 5.92 Å². The van der Waals surface area contributed by atoms with E-state index in [0.29, 0.717) is 26.2 Å². The highest BCUT2D eigenvalue weighted by Crippen LogP contribution is 2.18. The van der Waals surface area contributed by atoms with E-state index in [-0.39, 0.29) is 37.2 Å². The van der Waals surface area contributed by atoms with Crippen LogP contribution in [-0.4, -0.2) is 67.8 Å². The molecule has 0 aromatic heterocycles. The van der Waals surface area contributed by atoms with Crippen LogP contribution in [0.4, 0.5) is 4.79 Å². The molecule has 0 unspecified atom stereocenters. The number of likely N-dealkylation sites (tertiary alicyclic amines) is 1. The van der Waals surface area contributed by atoms with E-state index in [4.69, 9.17) is 9.84 Å². The number of ether oxygens (including phenoxy) is 1. The molecular formula is C12H21N3O5. The first-order chi connectivity index (χ1) is 9.52. The predicted molar refractivity (Wildman–Crippen MR) is 70.2 cm³/mol. The van der Waals surface area contributed by atoms with Crippen molar-refractivity contribution in [2.75, 3.05) is 39.9 Å². The van der Waals surface area contributed by atoms with E-state index >= 15 is 0 Å². The SMILES string of the molecule is COCCNC(=O)CCNC(=O)N1CC(CC(=O)O)C1. The molecule has 3 amide bonds. The van der Waals surface area contributed by atoms with Gasteiger partial charge in [0, 0.05) is 45.6 Å². The van der Waals surface area contributed by atoms with Crippen molar-refractivity contribution in [3.8, 4) is 0 Å². The number of carboxylic acid groups (broad SMARTS) is 1. The van der Waals surface area contributed by atoms with Crippen LogP contribution >= 0.6 is 0 Å². The van der Waals surface area contributed by atoms with E-state index in [2.05, 4.69) is 10.6 Å². The summed E-state index contributed by atoms with van der Waals surface area (Å²) in [6.45, 7) is 2.08. The minimum absolute atomic E-state index is 0.0376. The summed E-state index contributed by atoms with van der Waals surface area (Å²) in [7, 11) is 1.55. The Morgan fingerprint density at radius 1 is 1.25 bits per heavy atom. The van der Waals surface area contributed by atoms with Crippen LogP contribution < -0.4 is 10.6 Å². The van der Waals surface area contributed by atoms with Gasteiger partial charge in [0.2, 0.25) is 5.91 Å². The molecule has 114 valence electrons. The number of hydrogen-bond donors (Lipinski definition) is 3. The second-order valence-corrected chi connectivity index (χ2v) is 4.69. The molecule has 1 aliphatic rings. The Bertz CT molecular complexity index is 355. The zero-order valence-electron chi connectivity index (χ0n) is 11.6. The quantitative estimate of drug-likeness (QED) is 0.509. The van der Waals surface area contributed by atoms with Gasteiger partial charge in [0.15, 0.2) is 0 Å². The lowest BCUT2D eigenvalue weighted by molar-refractivity contribution is -0.139. The lowest BCUT2D eigenvalue weighted by Gasteiger charge is -2.38. The molecule has 1 heterocycles. The summed E-state index contributed by atoms with van der Waals surface area (Å²) in [6, 6.07) is -0.253. The number of nitrogens with one attached hydrogen (secondary N) is 2. The Labute approximate surface area is 117 Å². The van der Waals surface area contributed by atoms with Gasteiger partial charge in [0.25, 0.3) is 0 Å². The average molecular weight is 287 g/mol. The summed E-state index contributed by atoms with van der Waals surface area (Å²) in [4.78, 5) is 34.9. The number of carbonyl (C=O) groups excluding carboxylic acids is 2. The molecule has 0 aromatic rings. The van der Waals surface area contributed by atoms with Crippen molar-refractivity contribution in [3.63, 3.8) is 0 Å². The van der Waals surface area contributed by atoms with E-state index in [9.17, 15) is 14.4 Å². The molecule has 1 fully saturated rings. The van der Waals surface area contributed by atoms with E-state index in [1.54, 1.807) is 7.11 Å². The number of carboxylic acids is 1. The van der Waals surface area contributed by atoms with Gasteiger partial charge in [0.1, 0.15) is 0 Å². The maximum Gasteiger partial charge on any atom is 0.317 e. The van der Waals surface area contributed by atoms with Crippen molar-refractivity contribution in [2.24, 2.45) is 5.92 Å². The van der Waals surface area contributed by atoms with Crippen LogP contribution in [0.15, 0.2) is 0 Å². The van der Waals surface area contributed by atoms with E-state index in [0.717, 1.165) is 0 Å². The largest absolute Gasteiger partial charge is 0.481 e. The topological polar surface area (TPSA) is 108 Å². The Kier molecular flexibility index (Phi) is 6.78. The minimum Gasteiger partial charge on any atom is -0.481 e. The number of aliphatic carboxylic acids is 1. The molecule has 0 bridgehead atoms. The van der Waals surface area contributed by atoms with Crippen LogP contribution in [0.1, 0.15) is 12.8 Å². The highest BCUT2D eigenvalue weighted by atomic mass is 16.5. The first-order valence-electron chi connectivity index (χ1n) is 6.53. The third kappa shape index (κ3) is 5.87. The van der Waals surface area contributed by atoms with Gasteiger partial charge in [-0.25, -0.2) is 4.79 Å². The van der Waals surface area contributed by atoms with E-state index < -0.39 is 5.97 Å². The summed E-state index contributed by atoms with van der Waals surface area (Å²) >= 11 is 0. The highest BCUT2D eigenvalue weighted by molar-refractivity contribution is 5.78. The van der Waals surface area contributed by atoms with Gasteiger partial charge in [-0.15, -0.1) is 0 Å². The Morgan fingerprint density at radius 2 is 1.95 bits per heavy atom. The van der Waals surface area contributed by atoms with Crippen molar-refractivity contribution >= 4 is 17.9 Å². The first-order valence-corrected chi connectivity index (χ1v) is 6.53. The summed E-state index contributed by atoms with van der Waals surface area (Å²) < 4.78 is 4.79. The molecule has 1 rings (SSSR count). The predicted octanol–water partition coefficient (Wildman–Crippen LogP) is -0.745. The molecule has 3 N–H and O–H groups in total. The summed E-state index contributed by atoms with van der Waals surface area (Å²) in [5.41, 5.74) is 0. The summed E-state index contributed by atoms with van der Waals surface area (Å²) in [6.07, 6.45) is 0.299. The van der Waals surface area contributed by atoms with Crippen LogP contribution in [0.25, 0.3) is 0 Å². The number of urea groups is 1. The van der Waals surface area contributed by atoms with Crippen molar-refractivity contribution in [1.82, 2.24) is 15.5 Å². The van der Waals surface area contributed by atoms with Gasteiger partial charge in [-0.3, -0.25) is 9.59 Å². The molecule has 1 aliphatic heterocycles. The number of hydrogen-bond acceptors (Lipinski definition) is 4. The van der Waals surface area contributed by atoms with Gasteiger partial charge in [-0.1, -0.05) is 0 Å². The highest BCUT2D eigenvalue weighted by Gasteiger charge is 2.31. The molecule has 20 heavy (non-hydrogen) atoms. The van der Waals surface area contributed by atoms with Crippen molar-refractivity contribution in [3.05, 3.63) is 0 Å².